The molecular weight excluding hydrogens is 248 g/mol. The van der Waals surface area contributed by atoms with Crippen LogP contribution in [0, 0.1) is 5.92 Å². The Balaban J connectivity index is 2.49. The highest BCUT2D eigenvalue weighted by Gasteiger charge is 2.26. The van der Waals surface area contributed by atoms with Crippen LogP contribution in [-0.4, -0.2) is 33.9 Å². The monoisotopic (exact) mass is 268 g/mol. The van der Waals surface area contributed by atoms with Crippen molar-refractivity contribution in [1.29, 1.82) is 0 Å². The van der Waals surface area contributed by atoms with E-state index in [9.17, 15) is 14.7 Å². The quantitative estimate of drug-likeness (QED) is 0.675. The number of H-pyrrole nitrogens is 1. The first-order valence-electron chi connectivity index (χ1n) is 6.45. The number of aliphatic hydroxyl groups is 1. The number of nitrogens with two attached hydrogens (primary N) is 1. The summed E-state index contributed by atoms with van der Waals surface area (Å²) < 4.78 is 1.38. The van der Waals surface area contributed by atoms with E-state index in [0.717, 1.165) is 0 Å². The van der Waals surface area contributed by atoms with Crippen LogP contribution in [0.3, 0.4) is 0 Å². The maximum absolute atomic E-state index is 11.9. The fourth-order valence-corrected chi connectivity index (χ4v) is 2.37. The molecule has 1 aromatic rings. The summed E-state index contributed by atoms with van der Waals surface area (Å²) in [6.07, 6.45) is 0.145. The van der Waals surface area contributed by atoms with Crippen molar-refractivity contribution < 1.29 is 5.11 Å². The Bertz CT molecular complexity index is 575. The lowest BCUT2D eigenvalue weighted by molar-refractivity contribution is 0.198. The summed E-state index contributed by atoms with van der Waals surface area (Å²) in [5.41, 5.74) is 5.29. The van der Waals surface area contributed by atoms with Crippen molar-refractivity contribution in [3.05, 3.63) is 20.8 Å². The summed E-state index contributed by atoms with van der Waals surface area (Å²) in [6.45, 7) is 5.32. The molecule has 106 valence electrons. The first-order chi connectivity index (χ1) is 8.90. The van der Waals surface area contributed by atoms with E-state index < -0.39 is 17.4 Å². The minimum absolute atomic E-state index is 0.177. The third-order valence-electron chi connectivity index (χ3n) is 3.24. The fraction of sp³-hybridized carbons (Fsp3) is 0.667. The lowest BCUT2D eigenvalue weighted by Gasteiger charge is -2.21. The number of hydrogen-bond acceptors (Lipinski definition) is 5. The van der Waals surface area contributed by atoms with Crippen molar-refractivity contribution in [2.45, 2.75) is 32.9 Å². The molecule has 7 nitrogen and oxygen atoms in total. The van der Waals surface area contributed by atoms with Gasteiger partial charge in [-0.05, 0) is 12.3 Å². The van der Waals surface area contributed by atoms with Crippen molar-refractivity contribution in [2.75, 3.05) is 23.7 Å². The van der Waals surface area contributed by atoms with Gasteiger partial charge in [0.25, 0.3) is 5.56 Å². The maximum Gasteiger partial charge on any atom is 0.330 e. The zero-order valence-corrected chi connectivity index (χ0v) is 11.2. The van der Waals surface area contributed by atoms with E-state index >= 15 is 0 Å². The van der Waals surface area contributed by atoms with E-state index in [1.165, 1.54) is 4.57 Å². The molecule has 0 spiro atoms. The Hall–Kier alpha value is -1.76. The van der Waals surface area contributed by atoms with Gasteiger partial charge in [0.1, 0.15) is 11.5 Å². The Kier molecular flexibility index (Phi) is 3.66. The Morgan fingerprint density at radius 1 is 1.47 bits per heavy atom. The van der Waals surface area contributed by atoms with Crippen LogP contribution in [0.5, 0.6) is 0 Å². The number of aliphatic hydroxyl groups excluding tert-OH is 1. The SMILES string of the molecule is CC(C)Cn1c(N)c(N2CCC(O)C2)c(=O)[nH]c1=O. The molecule has 19 heavy (non-hydrogen) atoms. The van der Waals surface area contributed by atoms with Gasteiger partial charge in [0, 0.05) is 19.6 Å². The summed E-state index contributed by atoms with van der Waals surface area (Å²) in [6, 6.07) is 0. The number of nitrogens with one attached hydrogen (secondary N) is 1. The van der Waals surface area contributed by atoms with Gasteiger partial charge in [-0.25, -0.2) is 4.79 Å². The summed E-state index contributed by atoms with van der Waals surface area (Å²) in [5.74, 6) is 0.416. The molecule has 0 radical (unpaired) electrons. The van der Waals surface area contributed by atoms with E-state index in [2.05, 4.69) is 4.98 Å². The topological polar surface area (TPSA) is 104 Å². The van der Waals surface area contributed by atoms with Gasteiger partial charge in [0.15, 0.2) is 0 Å². The number of β-amino-alcohol motifs (C(OH)–C–C–N with tert-alkyl or cyclic N) is 1. The lowest BCUT2D eigenvalue weighted by atomic mass is 10.2. The van der Waals surface area contributed by atoms with Crippen LogP contribution in [0.4, 0.5) is 11.5 Å². The van der Waals surface area contributed by atoms with Crippen LogP contribution in [0.15, 0.2) is 9.59 Å². The van der Waals surface area contributed by atoms with Gasteiger partial charge in [0.2, 0.25) is 0 Å². The molecule has 1 unspecified atom stereocenters. The number of nitrogens with zero attached hydrogens (tertiary/aromatic N) is 2. The molecule has 1 atom stereocenters. The van der Waals surface area contributed by atoms with Gasteiger partial charge in [-0.2, -0.15) is 0 Å². The number of aromatic nitrogens is 2. The zero-order chi connectivity index (χ0) is 14.2. The van der Waals surface area contributed by atoms with E-state index in [4.69, 9.17) is 5.73 Å². The number of nitrogen functional groups attached to an aromatic ring is 1. The summed E-state index contributed by atoms with van der Waals surface area (Å²) >= 11 is 0. The smallest absolute Gasteiger partial charge is 0.330 e. The molecular formula is C12H20N4O3. The molecule has 1 aliphatic rings. The molecule has 1 aliphatic heterocycles. The second-order valence-corrected chi connectivity index (χ2v) is 5.39. The lowest BCUT2D eigenvalue weighted by Crippen LogP contribution is -2.38. The molecule has 0 amide bonds. The zero-order valence-electron chi connectivity index (χ0n) is 11.2. The van der Waals surface area contributed by atoms with E-state index in [1.807, 2.05) is 13.8 Å². The van der Waals surface area contributed by atoms with E-state index in [1.54, 1.807) is 4.90 Å². The van der Waals surface area contributed by atoms with Crippen LogP contribution in [0.1, 0.15) is 20.3 Å². The van der Waals surface area contributed by atoms with E-state index in [-0.39, 0.29) is 17.4 Å². The Morgan fingerprint density at radius 2 is 2.16 bits per heavy atom. The molecule has 0 bridgehead atoms. The normalized spacial score (nSPS) is 19.4. The number of anilines is 2. The highest BCUT2D eigenvalue weighted by Crippen LogP contribution is 2.22. The first kappa shape index (κ1) is 13.7. The van der Waals surface area contributed by atoms with Gasteiger partial charge in [-0.1, -0.05) is 13.8 Å². The molecule has 1 saturated heterocycles. The molecule has 1 fully saturated rings. The second kappa shape index (κ2) is 5.08. The Morgan fingerprint density at radius 3 is 2.68 bits per heavy atom. The minimum atomic E-state index is -0.489. The number of rotatable bonds is 3. The van der Waals surface area contributed by atoms with Crippen molar-refractivity contribution in [2.24, 2.45) is 5.92 Å². The van der Waals surface area contributed by atoms with Gasteiger partial charge in [-0.3, -0.25) is 14.3 Å². The summed E-state index contributed by atoms with van der Waals surface area (Å²) in [5, 5.41) is 9.55. The molecule has 0 aliphatic carbocycles. The molecule has 4 N–H and O–H groups in total. The predicted octanol–water partition coefficient (Wildman–Crippen LogP) is -0.654. The van der Waals surface area contributed by atoms with Crippen molar-refractivity contribution in [3.8, 4) is 0 Å². The van der Waals surface area contributed by atoms with Crippen molar-refractivity contribution >= 4 is 11.5 Å². The van der Waals surface area contributed by atoms with Gasteiger partial charge < -0.3 is 15.7 Å². The summed E-state index contributed by atoms with van der Waals surface area (Å²) in [4.78, 5) is 27.7. The van der Waals surface area contributed by atoms with Crippen LogP contribution in [0.25, 0.3) is 0 Å². The highest BCUT2D eigenvalue weighted by molar-refractivity contribution is 5.63. The molecule has 0 aromatic carbocycles. The van der Waals surface area contributed by atoms with Gasteiger partial charge >= 0.3 is 5.69 Å². The third-order valence-corrected chi connectivity index (χ3v) is 3.24. The third kappa shape index (κ3) is 2.65. The van der Waals surface area contributed by atoms with Crippen molar-refractivity contribution in [1.82, 2.24) is 9.55 Å². The number of aromatic amines is 1. The molecule has 0 saturated carbocycles. The number of hydrogen-bond donors (Lipinski definition) is 3. The molecule has 1 aromatic heterocycles. The van der Waals surface area contributed by atoms with Gasteiger partial charge in [-0.15, -0.1) is 0 Å². The van der Waals surface area contributed by atoms with Crippen LogP contribution in [-0.2, 0) is 6.54 Å². The summed E-state index contributed by atoms with van der Waals surface area (Å²) in [7, 11) is 0. The van der Waals surface area contributed by atoms with Crippen LogP contribution < -0.4 is 21.9 Å². The molecule has 7 heteroatoms. The molecule has 2 heterocycles. The highest BCUT2D eigenvalue weighted by atomic mass is 16.3. The van der Waals surface area contributed by atoms with Crippen LogP contribution >= 0.6 is 0 Å². The van der Waals surface area contributed by atoms with Crippen molar-refractivity contribution in [3.63, 3.8) is 0 Å². The standard InChI is InChI=1S/C12H20N4O3/c1-7(2)5-16-10(13)9(11(18)14-12(16)19)15-4-3-8(17)6-15/h7-8,17H,3-6,13H2,1-2H3,(H,14,18,19). The largest absolute Gasteiger partial charge is 0.391 e. The average molecular weight is 268 g/mol. The predicted molar refractivity (Wildman–Crippen MR) is 73.4 cm³/mol. The second-order valence-electron chi connectivity index (χ2n) is 5.39. The average Bonchev–Trinajstić information content (AvgIpc) is 2.70. The fourth-order valence-electron chi connectivity index (χ4n) is 2.37. The molecule has 2 rings (SSSR count). The Labute approximate surface area is 110 Å². The minimum Gasteiger partial charge on any atom is -0.391 e. The van der Waals surface area contributed by atoms with Gasteiger partial charge in [0.05, 0.1) is 6.10 Å². The maximum atomic E-state index is 11.9. The van der Waals surface area contributed by atoms with Crippen LogP contribution in [0.2, 0.25) is 0 Å². The van der Waals surface area contributed by atoms with E-state index in [0.29, 0.717) is 26.1 Å². The first-order valence-corrected chi connectivity index (χ1v) is 6.45.